The van der Waals surface area contributed by atoms with Crippen LogP contribution in [0, 0.1) is 0 Å². The first-order chi connectivity index (χ1) is 1.41. The standard InChI is InChI=1S/C3H8.H2Se/c1-3-2;/h3H2,1-2H3;1H2. The molecule has 0 unspecified atom stereocenters. The third-order valence-electron chi connectivity index (χ3n) is 0. The Labute approximate surface area is 38.1 Å². The molecular formula is C3H10Se. The Kier molecular flexibility index (Phi) is 21.3. The zero-order chi connectivity index (χ0) is 2.71. The maximum absolute atomic E-state index is 2.12. The fourth-order valence-electron chi connectivity index (χ4n) is 0. The van der Waals surface area contributed by atoms with E-state index < -0.39 is 0 Å². The van der Waals surface area contributed by atoms with Crippen molar-refractivity contribution in [3.63, 3.8) is 0 Å². The third-order valence-corrected chi connectivity index (χ3v) is 0. The first-order valence-electron chi connectivity index (χ1n) is 1.41. The molecule has 0 heterocycles. The van der Waals surface area contributed by atoms with E-state index in [9.17, 15) is 0 Å². The van der Waals surface area contributed by atoms with E-state index in [1.165, 1.54) is 6.42 Å². The molecule has 0 amide bonds. The molecule has 0 nitrogen and oxygen atoms in total. The normalized spacial score (nSPS) is 4.50. The van der Waals surface area contributed by atoms with Crippen molar-refractivity contribution >= 4 is 17.1 Å². The SMILES string of the molecule is CCC.[SeH2]. The summed E-state index contributed by atoms with van der Waals surface area (Å²) in [4.78, 5) is 0. The topological polar surface area (TPSA) is 0 Å². The molecule has 0 aliphatic rings. The van der Waals surface area contributed by atoms with Crippen LogP contribution in [0.3, 0.4) is 0 Å². The molecule has 0 atom stereocenters. The summed E-state index contributed by atoms with van der Waals surface area (Å²) in [5.41, 5.74) is 0. The number of hydrogen-bond acceptors (Lipinski definition) is 0. The summed E-state index contributed by atoms with van der Waals surface area (Å²) in [6, 6.07) is 0. The van der Waals surface area contributed by atoms with E-state index in [0.29, 0.717) is 0 Å². The van der Waals surface area contributed by atoms with Crippen LogP contribution in [0.4, 0.5) is 0 Å². The molecule has 0 rings (SSSR count). The van der Waals surface area contributed by atoms with Crippen molar-refractivity contribution in [1.29, 1.82) is 0 Å². The minimum atomic E-state index is 0. The van der Waals surface area contributed by atoms with Crippen LogP contribution in [-0.2, 0) is 0 Å². The van der Waals surface area contributed by atoms with Crippen molar-refractivity contribution in [3.05, 3.63) is 0 Å². The minimum absolute atomic E-state index is 0. The van der Waals surface area contributed by atoms with Crippen LogP contribution in [0.25, 0.3) is 0 Å². The van der Waals surface area contributed by atoms with Crippen molar-refractivity contribution in [1.82, 2.24) is 0 Å². The van der Waals surface area contributed by atoms with E-state index in [4.69, 9.17) is 0 Å². The summed E-state index contributed by atoms with van der Waals surface area (Å²) in [5, 5.41) is 0. The first-order valence-corrected chi connectivity index (χ1v) is 1.41. The Balaban J connectivity index is 0. The van der Waals surface area contributed by atoms with Crippen molar-refractivity contribution in [2.45, 2.75) is 20.3 Å². The fourth-order valence-corrected chi connectivity index (χ4v) is 0. The molecule has 4 heavy (non-hydrogen) atoms. The van der Waals surface area contributed by atoms with Gasteiger partial charge in [0.15, 0.2) is 0 Å². The molecule has 0 fully saturated rings. The molecule has 0 aromatic rings. The second kappa shape index (κ2) is 9.68. The maximum atomic E-state index is 2.12. The van der Waals surface area contributed by atoms with Gasteiger partial charge in [-0.25, -0.2) is 0 Å². The van der Waals surface area contributed by atoms with Crippen LogP contribution >= 0.6 is 0 Å². The van der Waals surface area contributed by atoms with Crippen molar-refractivity contribution in [2.75, 3.05) is 0 Å². The van der Waals surface area contributed by atoms with Crippen LogP contribution in [0.15, 0.2) is 0 Å². The summed E-state index contributed by atoms with van der Waals surface area (Å²) in [6.45, 7) is 4.25. The van der Waals surface area contributed by atoms with Gasteiger partial charge in [-0.1, -0.05) is 20.3 Å². The molecule has 0 saturated carbocycles. The second-order valence-corrected chi connectivity index (χ2v) is 0.707. The van der Waals surface area contributed by atoms with Crippen LogP contribution in [0.1, 0.15) is 20.3 Å². The van der Waals surface area contributed by atoms with Crippen LogP contribution in [0.5, 0.6) is 0 Å². The quantitative estimate of drug-likeness (QED) is 0.413. The summed E-state index contributed by atoms with van der Waals surface area (Å²) < 4.78 is 0. The van der Waals surface area contributed by atoms with E-state index in [0.717, 1.165) is 0 Å². The van der Waals surface area contributed by atoms with Crippen LogP contribution in [0.2, 0.25) is 0 Å². The Hall–Kier alpha value is 0.519. The molecule has 0 saturated heterocycles. The van der Waals surface area contributed by atoms with Gasteiger partial charge in [-0.05, 0) is 0 Å². The summed E-state index contributed by atoms with van der Waals surface area (Å²) in [7, 11) is 0. The molecule has 0 spiro atoms. The molecule has 1 heteroatoms. The van der Waals surface area contributed by atoms with E-state index in [1.807, 2.05) is 0 Å². The number of rotatable bonds is 0. The fraction of sp³-hybridized carbons (Fsp3) is 1.00. The zero-order valence-corrected chi connectivity index (χ0v) is 5.31. The van der Waals surface area contributed by atoms with Gasteiger partial charge >= 0.3 is 17.1 Å². The molecular weight excluding hydrogens is 115 g/mol. The first kappa shape index (κ1) is 8.82. The van der Waals surface area contributed by atoms with E-state index in [2.05, 4.69) is 13.8 Å². The van der Waals surface area contributed by atoms with Crippen LogP contribution < -0.4 is 0 Å². The third kappa shape index (κ3) is 21.6. The van der Waals surface area contributed by atoms with Crippen LogP contribution in [-0.4, -0.2) is 17.1 Å². The number of hydrogen-bond donors (Lipinski definition) is 0. The van der Waals surface area contributed by atoms with Gasteiger partial charge in [0.2, 0.25) is 0 Å². The molecule has 0 aromatic heterocycles. The van der Waals surface area contributed by atoms with E-state index in [1.54, 1.807) is 0 Å². The van der Waals surface area contributed by atoms with Gasteiger partial charge < -0.3 is 0 Å². The van der Waals surface area contributed by atoms with Gasteiger partial charge in [-0.2, -0.15) is 0 Å². The van der Waals surface area contributed by atoms with E-state index in [-0.39, 0.29) is 17.1 Å². The molecule has 0 bridgehead atoms. The predicted octanol–water partition coefficient (Wildman–Crippen LogP) is 0.500. The van der Waals surface area contributed by atoms with Gasteiger partial charge in [0.1, 0.15) is 0 Å². The summed E-state index contributed by atoms with van der Waals surface area (Å²) in [5.74, 6) is 0. The Morgan fingerprint density at radius 2 is 1.25 bits per heavy atom. The summed E-state index contributed by atoms with van der Waals surface area (Å²) in [6.07, 6.45) is 1.25. The van der Waals surface area contributed by atoms with Crippen molar-refractivity contribution in [2.24, 2.45) is 0 Å². The van der Waals surface area contributed by atoms with Gasteiger partial charge in [0, 0.05) is 0 Å². The van der Waals surface area contributed by atoms with Gasteiger partial charge in [-0.3, -0.25) is 0 Å². The van der Waals surface area contributed by atoms with Crippen molar-refractivity contribution < 1.29 is 0 Å². The zero-order valence-electron chi connectivity index (χ0n) is 3.21. The van der Waals surface area contributed by atoms with Crippen molar-refractivity contribution in [3.8, 4) is 0 Å². The summed E-state index contributed by atoms with van der Waals surface area (Å²) >= 11 is 0. The van der Waals surface area contributed by atoms with Gasteiger partial charge in [0.25, 0.3) is 0 Å². The molecule has 0 radical (unpaired) electrons. The molecule has 0 N–H and O–H groups in total. The average molecular weight is 125 g/mol. The average Bonchev–Trinajstić information content (AvgIpc) is 0.918. The van der Waals surface area contributed by atoms with Gasteiger partial charge in [0.05, 0.1) is 0 Å². The predicted molar refractivity (Wildman–Crippen MR) is 24.5 cm³/mol. The monoisotopic (exact) mass is 126 g/mol. The second-order valence-electron chi connectivity index (χ2n) is 0.707. The molecule has 0 aliphatic heterocycles. The Morgan fingerprint density at radius 3 is 1.25 bits per heavy atom. The molecule has 0 aromatic carbocycles. The van der Waals surface area contributed by atoms with E-state index >= 15 is 0 Å². The molecule has 0 aliphatic carbocycles. The Bertz CT molecular complexity index is 3.25. The molecule has 28 valence electrons. The van der Waals surface area contributed by atoms with Gasteiger partial charge in [-0.15, -0.1) is 0 Å². The Morgan fingerprint density at radius 1 is 1.25 bits per heavy atom.